The molecule has 4 N–H and O–H groups in total. The van der Waals surface area contributed by atoms with E-state index in [1.807, 2.05) is 66.2 Å². The van der Waals surface area contributed by atoms with Gasteiger partial charge in [0, 0.05) is 40.8 Å². The molecule has 0 saturated heterocycles. The van der Waals surface area contributed by atoms with E-state index in [9.17, 15) is 4.79 Å². The Morgan fingerprint density at radius 1 is 1.12 bits per heavy atom. The maximum absolute atomic E-state index is 12.4. The number of aromatic nitrogens is 3. The number of fused-ring (bicyclic) bond motifs is 1. The lowest BCUT2D eigenvalue weighted by Crippen LogP contribution is -2.25. The molecule has 4 rings (SSSR count). The van der Waals surface area contributed by atoms with Gasteiger partial charge in [-0.25, -0.2) is 9.97 Å². The van der Waals surface area contributed by atoms with E-state index in [2.05, 4.69) is 20.6 Å². The number of nitrogens with zero attached hydrogens (tertiary/aromatic N) is 3. The lowest BCUT2D eigenvalue weighted by molar-refractivity contribution is 0.0952. The first-order valence-electron chi connectivity index (χ1n) is 10.5. The molecule has 0 saturated carbocycles. The second kappa shape index (κ2) is 9.80. The van der Waals surface area contributed by atoms with Crippen LogP contribution in [0.15, 0.2) is 61.1 Å². The largest absolute Gasteiger partial charge is 0.352 e. The van der Waals surface area contributed by atoms with Gasteiger partial charge >= 0.3 is 0 Å². The molecule has 7 nitrogen and oxygen atoms in total. The van der Waals surface area contributed by atoms with Gasteiger partial charge in [0.2, 0.25) is 0 Å². The van der Waals surface area contributed by atoms with E-state index in [1.54, 1.807) is 6.20 Å². The summed E-state index contributed by atoms with van der Waals surface area (Å²) in [5.41, 5.74) is 10.5. The van der Waals surface area contributed by atoms with E-state index in [-0.39, 0.29) is 5.91 Å². The number of hydrogen-bond acceptors (Lipinski definition) is 5. The monoisotopic (exact) mass is 448 g/mol. The summed E-state index contributed by atoms with van der Waals surface area (Å²) in [4.78, 5) is 21.5. The first-order chi connectivity index (χ1) is 15.6. The Morgan fingerprint density at radius 2 is 1.94 bits per heavy atom. The summed E-state index contributed by atoms with van der Waals surface area (Å²) in [5, 5.41) is 6.96. The summed E-state index contributed by atoms with van der Waals surface area (Å²) < 4.78 is 1.98. The molecular weight excluding hydrogens is 424 g/mol. The predicted molar refractivity (Wildman–Crippen MR) is 129 cm³/mol. The van der Waals surface area contributed by atoms with Crippen molar-refractivity contribution in [3.05, 3.63) is 77.2 Å². The summed E-state index contributed by atoms with van der Waals surface area (Å²) in [6.45, 7) is 3.17. The van der Waals surface area contributed by atoms with Crippen LogP contribution in [0.5, 0.6) is 0 Å². The molecule has 4 aromatic rings. The molecule has 0 aliphatic heterocycles. The molecule has 0 radical (unpaired) electrons. The van der Waals surface area contributed by atoms with Crippen LogP contribution in [-0.2, 0) is 0 Å². The molecule has 1 amide bonds. The number of anilines is 2. The van der Waals surface area contributed by atoms with Gasteiger partial charge in [0.05, 0.1) is 11.9 Å². The zero-order valence-electron chi connectivity index (χ0n) is 17.8. The Labute approximate surface area is 191 Å². The van der Waals surface area contributed by atoms with Gasteiger partial charge in [-0.15, -0.1) is 0 Å². The SMILES string of the molecule is Cc1cc(Nc2nccn3c(-c4ccc(Cl)cc4)cnc23)ccc1C(=O)NCCCCN. The predicted octanol–water partition coefficient (Wildman–Crippen LogP) is 4.57. The van der Waals surface area contributed by atoms with Crippen molar-refractivity contribution in [3.63, 3.8) is 0 Å². The number of nitrogens with one attached hydrogen (secondary N) is 2. The average molecular weight is 449 g/mol. The van der Waals surface area contributed by atoms with Gasteiger partial charge in [0.25, 0.3) is 5.91 Å². The number of imidazole rings is 1. The fourth-order valence-corrected chi connectivity index (χ4v) is 3.67. The number of nitrogens with two attached hydrogens (primary N) is 1. The number of amides is 1. The molecule has 2 aromatic heterocycles. The Balaban J connectivity index is 1.54. The average Bonchev–Trinajstić information content (AvgIpc) is 3.22. The van der Waals surface area contributed by atoms with Crippen LogP contribution in [0.1, 0.15) is 28.8 Å². The van der Waals surface area contributed by atoms with Crippen molar-refractivity contribution in [1.82, 2.24) is 19.7 Å². The summed E-state index contributed by atoms with van der Waals surface area (Å²) in [6, 6.07) is 13.3. The minimum atomic E-state index is -0.0767. The van der Waals surface area contributed by atoms with Crippen LogP contribution in [0.4, 0.5) is 11.5 Å². The van der Waals surface area contributed by atoms with Gasteiger partial charge in [-0.05, 0) is 62.2 Å². The van der Waals surface area contributed by atoms with E-state index < -0.39 is 0 Å². The number of hydrogen-bond donors (Lipinski definition) is 3. The maximum Gasteiger partial charge on any atom is 0.251 e. The van der Waals surface area contributed by atoms with E-state index in [0.717, 1.165) is 35.3 Å². The van der Waals surface area contributed by atoms with Gasteiger partial charge in [-0.2, -0.15) is 0 Å². The summed E-state index contributed by atoms with van der Waals surface area (Å²) in [5.74, 6) is 0.554. The molecule has 0 spiro atoms. The van der Waals surface area contributed by atoms with Crippen LogP contribution in [0, 0.1) is 6.92 Å². The van der Waals surface area contributed by atoms with E-state index in [0.29, 0.717) is 35.1 Å². The lowest BCUT2D eigenvalue weighted by Gasteiger charge is -2.11. The molecule has 2 aromatic carbocycles. The van der Waals surface area contributed by atoms with Crippen molar-refractivity contribution < 1.29 is 4.79 Å². The van der Waals surface area contributed by atoms with E-state index >= 15 is 0 Å². The van der Waals surface area contributed by atoms with Gasteiger partial charge < -0.3 is 16.4 Å². The molecule has 8 heteroatoms. The molecule has 2 heterocycles. The number of aryl methyl sites for hydroxylation is 1. The smallest absolute Gasteiger partial charge is 0.251 e. The second-order valence-electron chi connectivity index (χ2n) is 7.53. The molecule has 32 heavy (non-hydrogen) atoms. The van der Waals surface area contributed by atoms with Crippen molar-refractivity contribution in [2.24, 2.45) is 5.73 Å². The highest BCUT2D eigenvalue weighted by molar-refractivity contribution is 6.30. The zero-order chi connectivity index (χ0) is 22.5. The molecule has 0 aliphatic rings. The van der Waals surface area contributed by atoms with Crippen LogP contribution < -0.4 is 16.4 Å². The minimum absolute atomic E-state index is 0.0767. The van der Waals surface area contributed by atoms with Crippen molar-refractivity contribution in [3.8, 4) is 11.3 Å². The number of carbonyl (C=O) groups is 1. The second-order valence-corrected chi connectivity index (χ2v) is 7.96. The fourth-order valence-electron chi connectivity index (χ4n) is 3.54. The van der Waals surface area contributed by atoms with Crippen LogP contribution >= 0.6 is 11.6 Å². The number of unbranched alkanes of at least 4 members (excludes halogenated alkanes) is 1. The quantitative estimate of drug-likeness (QED) is 0.343. The molecule has 0 atom stereocenters. The Kier molecular flexibility index (Phi) is 6.68. The number of benzene rings is 2. The van der Waals surface area contributed by atoms with Gasteiger partial charge in [0.15, 0.2) is 11.5 Å². The van der Waals surface area contributed by atoms with Crippen LogP contribution in [0.2, 0.25) is 5.02 Å². The topological polar surface area (TPSA) is 97.3 Å². The standard InChI is InChI=1S/C24H25ClN6O/c1-16-14-19(8-9-20(16)24(32)28-11-3-2-10-26)30-22-23-29-15-21(31(23)13-12-27-22)17-4-6-18(25)7-5-17/h4-9,12-15H,2-3,10-11,26H2,1H3,(H,27,30)(H,28,32). The molecule has 0 bridgehead atoms. The highest BCUT2D eigenvalue weighted by Gasteiger charge is 2.13. The number of rotatable bonds is 8. The molecule has 0 aliphatic carbocycles. The van der Waals surface area contributed by atoms with E-state index in [4.69, 9.17) is 17.3 Å². The third-order valence-corrected chi connectivity index (χ3v) is 5.47. The Hall–Kier alpha value is -3.42. The third kappa shape index (κ3) is 4.74. The summed E-state index contributed by atoms with van der Waals surface area (Å²) in [6.07, 6.45) is 7.19. The highest BCUT2D eigenvalue weighted by Crippen LogP contribution is 2.26. The van der Waals surface area contributed by atoms with Gasteiger partial charge in [-0.1, -0.05) is 23.7 Å². The highest BCUT2D eigenvalue weighted by atomic mass is 35.5. The summed E-state index contributed by atoms with van der Waals surface area (Å²) in [7, 11) is 0. The normalized spacial score (nSPS) is 11.0. The molecule has 164 valence electrons. The van der Waals surface area contributed by atoms with E-state index in [1.165, 1.54) is 0 Å². The zero-order valence-corrected chi connectivity index (χ0v) is 18.6. The van der Waals surface area contributed by atoms with Crippen molar-refractivity contribution in [2.75, 3.05) is 18.4 Å². The van der Waals surface area contributed by atoms with Crippen molar-refractivity contribution in [2.45, 2.75) is 19.8 Å². The maximum atomic E-state index is 12.4. The number of halogens is 1. The number of carbonyl (C=O) groups excluding carboxylic acids is 1. The van der Waals surface area contributed by atoms with Crippen molar-refractivity contribution >= 4 is 34.7 Å². The van der Waals surface area contributed by atoms with Crippen LogP contribution in [0.3, 0.4) is 0 Å². The fraction of sp³-hybridized carbons (Fsp3) is 0.208. The van der Waals surface area contributed by atoms with Crippen molar-refractivity contribution in [1.29, 1.82) is 0 Å². The molecule has 0 unspecified atom stereocenters. The third-order valence-electron chi connectivity index (χ3n) is 5.22. The first-order valence-corrected chi connectivity index (χ1v) is 10.9. The van der Waals surface area contributed by atoms with Gasteiger partial charge in [-0.3, -0.25) is 9.20 Å². The van der Waals surface area contributed by atoms with Crippen LogP contribution in [0.25, 0.3) is 16.9 Å². The van der Waals surface area contributed by atoms with Gasteiger partial charge in [0.1, 0.15) is 0 Å². The Morgan fingerprint density at radius 3 is 2.69 bits per heavy atom. The van der Waals surface area contributed by atoms with Crippen LogP contribution in [-0.4, -0.2) is 33.4 Å². The molecular formula is C24H25ClN6O. The lowest BCUT2D eigenvalue weighted by atomic mass is 10.1. The summed E-state index contributed by atoms with van der Waals surface area (Å²) >= 11 is 6.02. The Bertz CT molecular complexity index is 1240. The minimum Gasteiger partial charge on any atom is -0.352 e. The first kappa shape index (κ1) is 21.8. The molecule has 0 fully saturated rings.